The smallest absolute Gasteiger partial charge is 0.167 e. The van der Waals surface area contributed by atoms with Crippen LogP contribution in [0.15, 0.2) is 174 Å². The van der Waals surface area contributed by atoms with Crippen LogP contribution in [0.25, 0.3) is 88.8 Å². The van der Waals surface area contributed by atoms with E-state index in [1.54, 1.807) is 0 Å². The van der Waals surface area contributed by atoms with Gasteiger partial charge in [0.2, 0.25) is 0 Å². The lowest BCUT2D eigenvalue weighted by atomic mass is 9.90. The summed E-state index contributed by atoms with van der Waals surface area (Å²) in [5, 5.41) is 5.97. The molecule has 1 aliphatic heterocycles. The molecule has 0 unspecified atom stereocenters. The Kier molecular flexibility index (Phi) is 5.19. The number of anilines is 3. The Bertz CT molecular complexity index is 3310. The van der Waals surface area contributed by atoms with Crippen molar-refractivity contribution in [3.63, 3.8) is 0 Å². The SMILES string of the molecule is [2H]c1c([2H])c([2H])c(-c2nc(-c3cccc4c(N5c6ccccc6-c6cccc7cccc5c67)cccc34)nc(-c3cccc4c3oc3ccccc34)n2)c([2H])c1[2H]. The standard InChI is InChI=1S/C47H28N4O/c1-2-13-30(14-3-1)45-48-46(50-47(49-45)38-24-11-22-36-34-18-5-7-28-42(34)52-44(36)38)37-23-10-20-32-31(37)19-12-26-40(32)51-39-25-6-4-17-33(39)35-21-8-15-29-16-9-27-41(51)43(29)35/h1-28H/i1D,2D,3D,13D,14D. The molecule has 0 radical (unpaired) electrons. The van der Waals surface area contributed by atoms with E-state index in [-0.39, 0.29) is 23.0 Å². The number of para-hydroxylation sites is 3. The van der Waals surface area contributed by atoms with Crippen LogP contribution in [0, 0.1) is 0 Å². The largest absolute Gasteiger partial charge is 0.455 e. The molecule has 0 saturated carbocycles. The van der Waals surface area contributed by atoms with E-state index in [1.165, 1.54) is 10.9 Å². The molecule has 10 aromatic rings. The minimum Gasteiger partial charge on any atom is -0.455 e. The zero-order valence-corrected chi connectivity index (χ0v) is 27.5. The lowest BCUT2D eigenvalue weighted by molar-refractivity contribution is 0.669. The van der Waals surface area contributed by atoms with Crippen molar-refractivity contribution in [2.45, 2.75) is 0 Å². The summed E-state index contributed by atoms with van der Waals surface area (Å²) in [6.45, 7) is 0. The Morgan fingerprint density at radius 1 is 0.442 bits per heavy atom. The van der Waals surface area contributed by atoms with Crippen molar-refractivity contribution in [3.8, 4) is 45.3 Å². The highest BCUT2D eigenvalue weighted by molar-refractivity contribution is 6.16. The normalized spacial score (nSPS) is 13.5. The van der Waals surface area contributed by atoms with Crippen LogP contribution in [-0.2, 0) is 0 Å². The van der Waals surface area contributed by atoms with E-state index < -0.39 is 30.2 Å². The molecule has 1 aliphatic rings. The van der Waals surface area contributed by atoms with Crippen molar-refractivity contribution >= 4 is 60.5 Å². The molecular formula is C47H28N4O. The summed E-state index contributed by atoms with van der Waals surface area (Å²) < 4.78 is 49.3. The van der Waals surface area contributed by atoms with Gasteiger partial charge in [-0.1, -0.05) is 139 Å². The predicted octanol–water partition coefficient (Wildman–Crippen LogP) is 12.5. The third-order valence-electron chi connectivity index (χ3n) is 9.94. The van der Waals surface area contributed by atoms with Crippen LogP contribution in [0.4, 0.5) is 17.1 Å². The van der Waals surface area contributed by atoms with Gasteiger partial charge in [-0.25, -0.2) is 15.0 Å². The summed E-state index contributed by atoms with van der Waals surface area (Å²) in [5.41, 5.74) is 7.87. The number of rotatable bonds is 4. The van der Waals surface area contributed by atoms with Crippen LogP contribution in [0.1, 0.15) is 6.85 Å². The van der Waals surface area contributed by atoms with Crippen LogP contribution in [0.2, 0.25) is 0 Å². The van der Waals surface area contributed by atoms with Crippen molar-refractivity contribution in [1.29, 1.82) is 0 Å². The van der Waals surface area contributed by atoms with E-state index in [0.717, 1.165) is 49.6 Å². The molecule has 5 nitrogen and oxygen atoms in total. The highest BCUT2D eigenvalue weighted by atomic mass is 16.3. The van der Waals surface area contributed by atoms with Crippen LogP contribution >= 0.6 is 0 Å². The van der Waals surface area contributed by atoms with Gasteiger partial charge < -0.3 is 9.32 Å². The molecular weight excluding hydrogens is 637 g/mol. The number of furan rings is 1. The van der Waals surface area contributed by atoms with E-state index in [0.29, 0.717) is 22.3 Å². The van der Waals surface area contributed by atoms with Gasteiger partial charge in [-0.05, 0) is 46.7 Å². The number of nitrogens with zero attached hydrogens (tertiary/aromatic N) is 4. The Balaban J connectivity index is 1.18. The monoisotopic (exact) mass is 669 g/mol. The average molecular weight is 670 g/mol. The Hall–Kier alpha value is -7.11. The third-order valence-corrected chi connectivity index (χ3v) is 9.94. The van der Waals surface area contributed by atoms with Crippen molar-refractivity contribution in [2.24, 2.45) is 0 Å². The summed E-state index contributed by atoms with van der Waals surface area (Å²) in [6, 6.07) is 44.8. The lowest BCUT2D eigenvalue weighted by Gasteiger charge is -2.34. The maximum Gasteiger partial charge on any atom is 0.167 e. The van der Waals surface area contributed by atoms with E-state index in [1.807, 2.05) is 66.7 Å². The van der Waals surface area contributed by atoms with Crippen LogP contribution < -0.4 is 4.90 Å². The maximum atomic E-state index is 8.86. The molecule has 0 saturated heterocycles. The van der Waals surface area contributed by atoms with Crippen molar-refractivity contribution in [1.82, 2.24) is 15.0 Å². The van der Waals surface area contributed by atoms with Gasteiger partial charge in [0.25, 0.3) is 0 Å². The Labute approximate surface area is 306 Å². The molecule has 0 fully saturated rings. The summed E-state index contributed by atoms with van der Waals surface area (Å²) in [5.74, 6) is 0.485. The van der Waals surface area contributed by atoms with E-state index in [9.17, 15) is 0 Å². The van der Waals surface area contributed by atoms with Gasteiger partial charge in [-0.2, -0.15) is 0 Å². The highest BCUT2D eigenvalue weighted by Gasteiger charge is 2.27. The predicted molar refractivity (Wildman–Crippen MR) is 212 cm³/mol. The topological polar surface area (TPSA) is 55.1 Å². The molecule has 52 heavy (non-hydrogen) atoms. The number of benzene rings is 8. The first-order valence-electron chi connectivity index (χ1n) is 19.5. The molecule has 0 aliphatic carbocycles. The molecule has 0 bridgehead atoms. The van der Waals surface area contributed by atoms with Crippen molar-refractivity contribution < 1.29 is 11.3 Å². The van der Waals surface area contributed by atoms with E-state index in [2.05, 4.69) is 77.7 Å². The van der Waals surface area contributed by atoms with Crippen molar-refractivity contribution in [2.75, 3.05) is 4.90 Å². The first-order valence-corrected chi connectivity index (χ1v) is 17.0. The summed E-state index contributed by atoms with van der Waals surface area (Å²) in [4.78, 5) is 17.1. The summed E-state index contributed by atoms with van der Waals surface area (Å²) in [6.07, 6.45) is 0. The minimum absolute atomic E-state index is 0.0403. The molecule has 242 valence electrons. The van der Waals surface area contributed by atoms with Gasteiger partial charge in [0, 0.05) is 38.2 Å². The third kappa shape index (κ3) is 4.26. The second kappa shape index (κ2) is 11.2. The lowest BCUT2D eigenvalue weighted by Crippen LogP contribution is -2.15. The minimum atomic E-state index is -0.491. The molecule has 8 aromatic carbocycles. The van der Waals surface area contributed by atoms with Crippen LogP contribution in [0.3, 0.4) is 0 Å². The molecule has 0 amide bonds. The Morgan fingerprint density at radius 3 is 1.94 bits per heavy atom. The zero-order chi connectivity index (χ0) is 38.5. The molecule has 2 aromatic heterocycles. The van der Waals surface area contributed by atoms with E-state index >= 15 is 0 Å². The van der Waals surface area contributed by atoms with Crippen molar-refractivity contribution in [3.05, 3.63) is 170 Å². The van der Waals surface area contributed by atoms with Gasteiger partial charge in [0.1, 0.15) is 11.2 Å². The zero-order valence-electron chi connectivity index (χ0n) is 32.5. The van der Waals surface area contributed by atoms with Gasteiger partial charge >= 0.3 is 0 Å². The molecule has 0 atom stereocenters. The Morgan fingerprint density at radius 2 is 1.04 bits per heavy atom. The fourth-order valence-corrected chi connectivity index (χ4v) is 7.71. The van der Waals surface area contributed by atoms with Gasteiger partial charge in [-0.15, -0.1) is 0 Å². The second-order valence-electron chi connectivity index (χ2n) is 12.8. The number of aromatic nitrogens is 3. The first-order chi connectivity index (χ1) is 27.9. The molecule has 5 heteroatoms. The van der Waals surface area contributed by atoms with Gasteiger partial charge in [0.15, 0.2) is 17.5 Å². The molecule has 0 spiro atoms. The summed E-state index contributed by atoms with van der Waals surface area (Å²) >= 11 is 0. The first kappa shape index (κ1) is 24.1. The fourth-order valence-electron chi connectivity index (χ4n) is 7.71. The van der Waals surface area contributed by atoms with Crippen LogP contribution in [-0.4, -0.2) is 15.0 Å². The fraction of sp³-hybridized carbons (Fsp3) is 0. The number of fused-ring (bicyclic) bond motifs is 6. The van der Waals surface area contributed by atoms with E-state index in [4.69, 9.17) is 26.2 Å². The maximum absolute atomic E-state index is 8.86. The molecule has 0 N–H and O–H groups in total. The highest BCUT2D eigenvalue weighted by Crippen LogP contribution is 2.52. The second-order valence-corrected chi connectivity index (χ2v) is 12.8. The average Bonchev–Trinajstić information content (AvgIpc) is 3.64. The quantitative estimate of drug-likeness (QED) is 0.187. The van der Waals surface area contributed by atoms with Gasteiger partial charge in [-0.3, -0.25) is 0 Å². The van der Waals surface area contributed by atoms with Gasteiger partial charge in [0.05, 0.1) is 29.5 Å². The molecule has 11 rings (SSSR count). The summed E-state index contributed by atoms with van der Waals surface area (Å²) in [7, 11) is 0. The van der Waals surface area contributed by atoms with Crippen LogP contribution in [0.5, 0.6) is 0 Å². The molecule has 3 heterocycles. The number of hydrogen-bond donors (Lipinski definition) is 0. The number of hydrogen-bond acceptors (Lipinski definition) is 5.